The molecule has 0 atom stereocenters. The molecule has 0 aliphatic heterocycles. The molecule has 4 aromatic carbocycles. The van der Waals surface area contributed by atoms with E-state index >= 15 is 35.1 Å². The summed E-state index contributed by atoms with van der Waals surface area (Å²) in [5.74, 6) is -71.4. The van der Waals surface area contributed by atoms with Crippen LogP contribution >= 0.6 is 0 Å². The Bertz CT molecular complexity index is 1960. The van der Waals surface area contributed by atoms with Crippen molar-refractivity contribution in [1.29, 1.82) is 0 Å². The first-order chi connectivity index (χ1) is 31.7. The SMILES string of the molecule is CCOCC.CCOCC.CCOCC.C[Si](C)(C)[N-][Si](C)(C)C.Fc1c(F)c(F)c([B-](c2c(F)c(F)c(F)c(F)c2F)(c2c(F)c(F)c(F)c(F)c2F)c2c(F)c(F)c(F)c(F)c2F)c(F)c1F.[Zn+2]. The van der Waals surface area contributed by atoms with E-state index in [9.17, 15) is 52.7 Å². The fourth-order valence-corrected chi connectivity index (χ4v) is 14.5. The number of hydrogen-bond acceptors (Lipinski definition) is 3. The van der Waals surface area contributed by atoms with Gasteiger partial charge in [-0.15, -0.1) is 21.9 Å². The zero-order valence-electron chi connectivity index (χ0n) is 39.8. The van der Waals surface area contributed by atoms with Crippen LogP contribution in [-0.4, -0.2) is 62.3 Å². The molecule has 392 valence electrons. The predicted molar refractivity (Wildman–Crippen MR) is 226 cm³/mol. The normalized spacial score (nSPS) is 11.3. The Morgan fingerprint density at radius 2 is 0.386 bits per heavy atom. The molecule has 0 bridgehead atoms. The van der Waals surface area contributed by atoms with Gasteiger partial charge < -0.3 is 18.9 Å². The van der Waals surface area contributed by atoms with E-state index in [2.05, 4.69) is 39.3 Å². The molecule has 0 fully saturated rings. The summed E-state index contributed by atoms with van der Waals surface area (Å²) in [5, 5.41) is 0. The van der Waals surface area contributed by atoms with E-state index in [1.165, 1.54) is 0 Å². The summed E-state index contributed by atoms with van der Waals surface area (Å²) >= 11 is 0. The molecule has 0 aromatic heterocycles. The third-order valence-corrected chi connectivity index (χ3v) is 14.0. The second kappa shape index (κ2) is 29.2. The standard InChI is InChI=1S/C24BF20.C6H18NSi2.3C4H10O.Zn/c26-5-1(6(27)14(35)21(42)13(5)34)25(2-7(28)15(36)22(43)16(37)8(2)29,3-9(30)17(38)23(44)18(39)10(3)31)4-11(32)19(40)24(45)20(41)12(4)33;1-8(2,3)7-9(4,5)6;3*1-3-5-4-2;/h;1-6H3;3*3-4H2,1-2H3;/q2*-1;;;;+2. The quantitative estimate of drug-likeness (QED) is 0.0614. The molecule has 0 aliphatic rings. The second-order valence-corrected chi connectivity index (χ2v) is 25.2. The third-order valence-electron chi connectivity index (χ3n) is 8.60. The Morgan fingerprint density at radius 1 is 0.271 bits per heavy atom. The molecular weight excluding hydrogens is 1080 g/mol. The first-order valence-corrected chi connectivity index (χ1v) is 27.3. The maximum atomic E-state index is 15.4. The largest absolute Gasteiger partial charge is 2.00 e. The minimum Gasteiger partial charge on any atom is -0.668 e. The molecule has 0 aliphatic carbocycles. The van der Waals surface area contributed by atoms with Crippen molar-refractivity contribution in [3.63, 3.8) is 0 Å². The van der Waals surface area contributed by atoms with Gasteiger partial charge in [-0.2, -0.15) is 0 Å². The zero-order chi connectivity index (χ0) is 54.4. The zero-order valence-corrected chi connectivity index (χ0v) is 44.7. The van der Waals surface area contributed by atoms with Crippen LogP contribution in [0.5, 0.6) is 0 Å². The van der Waals surface area contributed by atoms with Crippen molar-refractivity contribution < 1.29 is 121 Å². The molecule has 0 N–H and O–H groups in total. The number of halogens is 20. The monoisotopic (exact) mass is 1130 g/mol. The van der Waals surface area contributed by atoms with E-state index in [0.29, 0.717) is 0 Å². The summed E-state index contributed by atoms with van der Waals surface area (Å²) in [7, 11) is -2.21. The molecular formula is C42H48BF20NO3Si2Zn. The fourth-order valence-electron chi connectivity index (χ4n) is 6.49. The second-order valence-electron chi connectivity index (χ2n) is 15.6. The molecule has 0 spiro atoms. The van der Waals surface area contributed by atoms with Crippen molar-refractivity contribution in [3.05, 3.63) is 121 Å². The molecule has 0 unspecified atom stereocenters. The molecule has 4 aromatic rings. The summed E-state index contributed by atoms with van der Waals surface area (Å²) in [5.41, 5.74) is -14.3. The first kappa shape index (κ1) is 68.5. The minimum atomic E-state index is -7.22. The van der Waals surface area contributed by atoms with E-state index in [0.717, 1.165) is 39.6 Å². The molecule has 0 saturated carbocycles. The molecule has 0 radical (unpaired) electrons. The molecule has 0 amide bonds. The van der Waals surface area contributed by atoms with Crippen LogP contribution < -0.4 is 21.9 Å². The van der Waals surface area contributed by atoms with Crippen molar-refractivity contribution >= 4 is 44.5 Å². The maximum absolute atomic E-state index is 15.4. The Morgan fingerprint density at radius 3 is 0.457 bits per heavy atom. The van der Waals surface area contributed by atoms with Crippen molar-refractivity contribution in [3.8, 4) is 0 Å². The number of benzene rings is 4. The van der Waals surface area contributed by atoms with Crippen LogP contribution in [0.15, 0.2) is 0 Å². The Labute approximate surface area is 406 Å². The van der Waals surface area contributed by atoms with Crippen LogP contribution in [-0.2, 0) is 33.7 Å². The molecule has 28 heteroatoms. The minimum absolute atomic E-state index is 0. The number of ether oxygens (including phenoxy) is 3. The van der Waals surface area contributed by atoms with Gasteiger partial charge in [-0.25, -0.2) is 87.8 Å². The molecule has 0 heterocycles. The number of nitrogens with zero attached hydrogens (tertiary/aromatic N) is 1. The molecule has 0 saturated heterocycles. The topological polar surface area (TPSA) is 41.8 Å². The van der Waals surface area contributed by atoms with Crippen LogP contribution in [0, 0.1) is 116 Å². The van der Waals surface area contributed by atoms with Crippen molar-refractivity contribution in [2.24, 2.45) is 0 Å². The Kier molecular flexibility index (Phi) is 28.6. The van der Waals surface area contributed by atoms with Gasteiger partial charge in [0.2, 0.25) is 0 Å². The van der Waals surface area contributed by atoms with Gasteiger partial charge in [0.15, 0.2) is 69.8 Å². The van der Waals surface area contributed by atoms with Gasteiger partial charge in [0.25, 0.3) is 0 Å². The van der Waals surface area contributed by atoms with Crippen molar-refractivity contribution in [2.45, 2.75) is 80.8 Å². The van der Waals surface area contributed by atoms with Gasteiger partial charge in [0, 0.05) is 39.6 Å². The number of hydrogen-bond donors (Lipinski definition) is 0. The summed E-state index contributed by atoms with van der Waals surface area (Å²) in [6, 6.07) is 0. The average molecular weight is 1130 g/mol. The third kappa shape index (κ3) is 15.7. The summed E-state index contributed by atoms with van der Waals surface area (Å²) in [6.45, 7) is 30.8. The molecule has 4 nitrogen and oxygen atoms in total. The van der Waals surface area contributed by atoms with Gasteiger partial charge in [0.1, 0.15) is 52.7 Å². The van der Waals surface area contributed by atoms with Crippen LogP contribution in [0.3, 0.4) is 0 Å². The maximum Gasteiger partial charge on any atom is 2.00 e. The van der Waals surface area contributed by atoms with Gasteiger partial charge >= 0.3 is 19.5 Å². The van der Waals surface area contributed by atoms with Crippen LogP contribution in [0.2, 0.25) is 39.3 Å². The van der Waals surface area contributed by atoms with Gasteiger partial charge in [-0.1, -0.05) is 55.8 Å². The summed E-state index contributed by atoms with van der Waals surface area (Å²) in [6.07, 6.45) is -7.22. The van der Waals surface area contributed by atoms with Gasteiger partial charge in [-0.05, 0) is 41.5 Å². The van der Waals surface area contributed by atoms with E-state index in [1.54, 1.807) is 0 Å². The average Bonchev–Trinajstić information content (AvgIpc) is 3.26. The van der Waals surface area contributed by atoms with E-state index in [1.807, 2.05) is 41.5 Å². The first-order valence-electron chi connectivity index (χ1n) is 20.4. The number of rotatable bonds is 12. The van der Waals surface area contributed by atoms with E-state index in [4.69, 9.17) is 18.9 Å². The van der Waals surface area contributed by atoms with Crippen molar-refractivity contribution in [1.82, 2.24) is 0 Å². The van der Waals surface area contributed by atoms with Crippen molar-refractivity contribution in [2.75, 3.05) is 39.6 Å². The predicted octanol–water partition coefficient (Wildman–Crippen LogP) is 12.0. The van der Waals surface area contributed by atoms with E-state index in [-0.39, 0.29) is 19.5 Å². The molecule has 4 rings (SSSR count). The Balaban J connectivity index is 0. The van der Waals surface area contributed by atoms with E-state index < -0.39 is 161 Å². The fraction of sp³-hybridized carbons (Fsp3) is 0.429. The van der Waals surface area contributed by atoms with Gasteiger partial charge in [-0.3, -0.25) is 0 Å². The van der Waals surface area contributed by atoms with Gasteiger partial charge in [0.05, 0.1) is 0 Å². The smallest absolute Gasteiger partial charge is 0.668 e. The van der Waals surface area contributed by atoms with Crippen LogP contribution in [0.1, 0.15) is 41.5 Å². The summed E-state index contributed by atoms with van der Waals surface area (Å²) < 4.78 is 313. The summed E-state index contributed by atoms with van der Waals surface area (Å²) in [4.78, 5) is 0. The van der Waals surface area contributed by atoms with Crippen LogP contribution in [0.25, 0.3) is 4.65 Å². The molecule has 70 heavy (non-hydrogen) atoms. The Hall–Kier alpha value is -3.56. The van der Waals surface area contributed by atoms with Crippen LogP contribution in [0.4, 0.5) is 87.8 Å².